The fourth-order valence-electron chi connectivity index (χ4n) is 2.48. The Bertz CT molecular complexity index is 830. The van der Waals surface area contributed by atoms with E-state index in [2.05, 4.69) is 26.2 Å². The minimum atomic E-state index is 0. The molecule has 3 rings (SSSR count). The second-order valence-electron chi connectivity index (χ2n) is 5.67. The number of nitrogens with two attached hydrogens (primary N) is 1. The number of guanidine groups is 1. The number of methoxy groups -OCH3 is 1. The van der Waals surface area contributed by atoms with Crippen LogP contribution in [0.1, 0.15) is 12.0 Å². The number of phenols is 1. The molecule has 0 amide bonds. The van der Waals surface area contributed by atoms with Gasteiger partial charge in [-0.05, 0) is 45.8 Å². The highest BCUT2D eigenvalue weighted by molar-refractivity contribution is 9.10. The van der Waals surface area contributed by atoms with Gasteiger partial charge in [0.1, 0.15) is 0 Å². The number of aromatic hydroxyl groups is 1. The summed E-state index contributed by atoms with van der Waals surface area (Å²) < 4.78 is 16.9. The van der Waals surface area contributed by atoms with E-state index in [-0.39, 0.29) is 28.7 Å². The molecule has 2 aromatic carbocycles. The summed E-state index contributed by atoms with van der Waals surface area (Å²) in [4.78, 5) is 4.32. The van der Waals surface area contributed by atoms with E-state index in [4.69, 9.17) is 19.9 Å². The Labute approximate surface area is 176 Å². The molecular formula is C18H21Br2N3O4. The maximum Gasteiger partial charge on any atom is 0.193 e. The van der Waals surface area contributed by atoms with Crippen molar-refractivity contribution in [2.24, 2.45) is 10.7 Å². The minimum absolute atomic E-state index is 0. The van der Waals surface area contributed by atoms with Gasteiger partial charge >= 0.3 is 0 Å². The highest BCUT2D eigenvalue weighted by Crippen LogP contribution is 2.35. The van der Waals surface area contributed by atoms with Gasteiger partial charge in [-0.1, -0.05) is 0 Å². The molecule has 0 unspecified atom stereocenters. The van der Waals surface area contributed by atoms with Crippen LogP contribution < -0.4 is 25.3 Å². The number of nitrogens with one attached hydrogen (secondary N) is 1. The molecule has 27 heavy (non-hydrogen) atoms. The smallest absolute Gasteiger partial charge is 0.193 e. The first-order chi connectivity index (χ1) is 12.6. The third kappa shape index (κ3) is 5.43. The summed E-state index contributed by atoms with van der Waals surface area (Å²) in [5, 5.41) is 12.9. The minimum Gasteiger partial charge on any atom is -0.503 e. The summed E-state index contributed by atoms with van der Waals surface area (Å²) in [5.41, 5.74) is 7.58. The third-order valence-corrected chi connectivity index (χ3v) is 4.36. The van der Waals surface area contributed by atoms with Gasteiger partial charge in [0, 0.05) is 18.2 Å². The third-order valence-electron chi connectivity index (χ3n) is 3.76. The second kappa shape index (κ2) is 9.70. The van der Waals surface area contributed by atoms with Crippen molar-refractivity contribution >= 4 is 44.6 Å². The molecule has 1 aliphatic heterocycles. The average Bonchev–Trinajstić information content (AvgIpc) is 2.87. The number of anilines is 1. The first-order valence-electron chi connectivity index (χ1n) is 8.09. The van der Waals surface area contributed by atoms with Crippen LogP contribution in [-0.4, -0.2) is 31.4 Å². The van der Waals surface area contributed by atoms with Crippen LogP contribution in [0, 0.1) is 0 Å². The van der Waals surface area contributed by atoms with Gasteiger partial charge in [0.2, 0.25) is 0 Å². The van der Waals surface area contributed by atoms with E-state index in [1.807, 2.05) is 18.2 Å². The number of phenolic OH excluding ortho intramolecular Hbond substituents is 1. The van der Waals surface area contributed by atoms with E-state index >= 15 is 0 Å². The van der Waals surface area contributed by atoms with Gasteiger partial charge in [0.05, 0.1) is 31.3 Å². The van der Waals surface area contributed by atoms with E-state index in [1.165, 1.54) is 7.11 Å². The standard InChI is InChI=1S/C18H20BrN3O4.BrH/c1-24-16-8-11(7-13(19)17(16)23)10-21-18(20)22-12-3-4-14-15(9-12)26-6-2-5-25-14;/h3-4,7-9,23H,2,5-6,10H2,1H3,(H3,20,21,22);1H. The van der Waals surface area contributed by atoms with Crippen molar-refractivity contribution in [2.45, 2.75) is 13.0 Å². The second-order valence-corrected chi connectivity index (χ2v) is 6.52. The zero-order valence-electron chi connectivity index (χ0n) is 14.7. The molecule has 1 heterocycles. The number of rotatable bonds is 4. The van der Waals surface area contributed by atoms with Gasteiger partial charge in [-0.15, -0.1) is 17.0 Å². The summed E-state index contributed by atoms with van der Waals surface area (Å²) in [6.45, 7) is 1.60. The number of aliphatic imine (C=N–C) groups is 1. The SMILES string of the molecule is Br.COc1cc(CN=C(N)Nc2ccc3c(c2)OCCCO3)cc(Br)c1O. The van der Waals surface area contributed by atoms with Gasteiger partial charge in [-0.3, -0.25) is 0 Å². The zero-order valence-corrected chi connectivity index (χ0v) is 18.0. The quantitative estimate of drug-likeness (QED) is 0.434. The number of benzene rings is 2. The van der Waals surface area contributed by atoms with Crippen molar-refractivity contribution in [3.8, 4) is 23.0 Å². The zero-order chi connectivity index (χ0) is 18.5. The van der Waals surface area contributed by atoms with Crippen molar-refractivity contribution in [2.75, 3.05) is 25.6 Å². The van der Waals surface area contributed by atoms with Gasteiger partial charge in [-0.2, -0.15) is 0 Å². The lowest BCUT2D eigenvalue weighted by Gasteiger charge is -2.11. The fraction of sp³-hybridized carbons (Fsp3) is 0.278. The lowest BCUT2D eigenvalue weighted by atomic mass is 10.2. The maximum absolute atomic E-state index is 9.84. The van der Waals surface area contributed by atoms with Crippen molar-refractivity contribution in [1.29, 1.82) is 0 Å². The first-order valence-corrected chi connectivity index (χ1v) is 8.88. The molecule has 0 bridgehead atoms. The number of halogens is 2. The van der Waals surface area contributed by atoms with E-state index < -0.39 is 0 Å². The molecule has 0 spiro atoms. The topological polar surface area (TPSA) is 98.3 Å². The van der Waals surface area contributed by atoms with E-state index in [9.17, 15) is 5.11 Å². The van der Waals surface area contributed by atoms with Gasteiger partial charge < -0.3 is 30.4 Å². The fourth-order valence-corrected chi connectivity index (χ4v) is 2.97. The van der Waals surface area contributed by atoms with Crippen LogP contribution in [0.4, 0.5) is 5.69 Å². The predicted octanol–water partition coefficient (Wildman–Crippen LogP) is 3.83. The van der Waals surface area contributed by atoms with E-state index in [0.29, 0.717) is 35.7 Å². The Morgan fingerprint density at radius 2 is 2.00 bits per heavy atom. The Hall–Kier alpha value is -2.13. The molecular weight excluding hydrogens is 482 g/mol. The molecule has 2 aromatic rings. The molecule has 7 nitrogen and oxygen atoms in total. The maximum atomic E-state index is 9.84. The molecule has 0 aromatic heterocycles. The summed E-state index contributed by atoms with van der Waals surface area (Å²) in [6, 6.07) is 9.02. The van der Waals surface area contributed by atoms with Crippen LogP contribution in [-0.2, 0) is 6.54 Å². The van der Waals surface area contributed by atoms with Crippen LogP contribution >= 0.6 is 32.9 Å². The van der Waals surface area contributed by atoms with Gasteiger partial charge in [0.25, 0.3) is 0 Å². The van der Waals surface area contributed by atoms with Crippen molar-refractivity contribution in [3.63, 3.8) is 0 Å². The average molecular weight is 503 g/mol. The predicted molar refractivity (Wildman–Crippen MR) is 114 cm³/mol. The summed E-state index contributed by atoms with van der Waals surface area (Å²) in [5.74, 6) is 2.11. The molecule has 1 aliphatic rings. The molecule has 146 valence electrons. The van der Waals surface area contributed by atoms with Crippen LogP contribution in [0.25, 0.3) is 0 Å². The van der Waals surface area contributed by atoms with E-state index in [1.54, 1.807) is 12.1 Å². The Morgan fingerprint density at radius 3 is 2.74 bits per heavy atom. The monoisotopic (exact) mass is 501 g/mol. The number of fused-ring (bicyclic) bond motifs is 1. The highest BCUT2D eigenvalue weighted by atomic mass is 79.9. The molecule has 0 atom stereocenters. The lowest BCUT2D eigenvalue weighted by Crippen LogP contribution is -2.22. The van der Waals surface area contributed by atoms with Crippen LogP contribution in [0.3, 0.4) is 0 Å². The Balaban J connectivity index is 0.00000261. The highest BCUT2D eigenvalue weighted by Gasteiger charge is 2.11. The summed E-state index contributed by atoms with van der Waals surface area (Å²) in [6.07, 6.45) is 0.854. The number of hydrogen-bond donors (Lipinski definition) is 3. The largest absolute Gasteiger partial charge is 0.503 e. The number of ether oxygens (including phenoxy) is 3. The van der Waals surface area contributed by atoms with Crippen LogP contribution in [0.15, 0.2) is 39.8 Å². The normalized spacial score (nSPS) is 13.3. The summed E-state index contributed by atoms with van der Waals surface area (Å²) in [7, 11) is 1.49. The molecule has 4 N–H and O–H groups in total. The number of hydrogen-bond acceptors (Lipinski definition) is 5. The van der Waals surface area contributed by atoms with Crippen molar-refractivity contribution in [1.82, 2.24) is 0 Å². The molecule has 0 fully saturated rings. The van der Waals surface area contributed by atoms with Gasteiger partial charge in [0.15, 0.2) is 29.0 Å². The first kappa shape index (κ1) is 21.2. The van der Waals surface area contributed by atoms with Crippen molar-refractivity contribution in [3.05, 3.63) is 40.4 Å². The van der Waals surface area contributed by atoms with Crippen LogP contribution in [0.2, 0.25) is 0 Å². The lowest BCUT2D eigenvalue weighted by molar-refractivity contribution is 0.297. The summed E-state index contributed by atoms with van der Waals surface area (Å²) >= 11 is 3.29. The Kier molecular flexibility index (Phi) is 7.61. The number of nitrogens with zero attached hydrogens (tertiary/aromatic N) is 1. The van der Waals surface area contributed by atoms with Crippen molar-refractivity contribution < 1.29 is 19.3 Å². The van der Waals surface area contributed by atoms with Crippen LogP contribution in [0.5, 0.6) is 23.0 Å². The molecule has 0 aliphatic carbocycles. The molecule has 0 saturated carbocycles. The Morgan fingerprint density at radius 1 is 1.26 bits per heavy atom. The molecule has 0 saturated heterocycles. The van der Waals surface area contributed by atoms with Gasteiger partial charge in [-0.25, -0.2) is 4.99 Å². The molecule has 0 radical (unpaired) electrons. The molecule has 9 heteroatoms. The van der Waals surface area contributed by atoms with E-state index in [0.717, 1.165) is 23.4 Å².